The van der Waals surface area contributed by atoms with Crippen LogP contribution in [0.15, 0.2) is 47.5 Å². The molecular formula is C23H35IN4O4. The third-order valence-electron chi connectivity index (χ3n) is 4.07. The van der Waals surface area contributed by atoms with Gasteiger partial charge in [-0.05, 0) is 50.6 Å². The predicted octanol–water partition coefficient (Wildman–Crippen LogP) is 4.11. The topological polar surface area (TPSA) is 86.2 Å². The Balaban J connectivity index is 0.00000512. The number of guanidine groups is 1. The van der Waals surface area contributed by atoms with E-state index >= 15 is 0 Å². The van der Waals surface area contributed by atoms with Gasteiger partial charge >= 0.3 is 0 Å². The Hall–Kier alpha value is -2.11. The molecule has 0 bridgehead atoms. The van der Waals surface area contributed by atoms with Crippen molar-refractivity contribution in [1.82, 2.24) is 10.3 Å². The summed E-state index contributed by atoms with van der Waals surface area (Å²) >= 11 is 0. The van der Waals surface area contributed by atoms with E-state index in [1.54, 1.807) is 14.2 Å². The van der Waals surface area contributed by atoms with Gasteiger partial charge in [0.2, 0.25) is 5.88 Å². The summed E-state index contributed by atoms with van der Waals surface area (Å²) in [4.78, 5) is 9.08. The first-order valence-corrected chi connectivity index (χ1v) is 10.5. The number of nitrogens with one attached hydrogen (secondary N) is 2. The monoisotopic (exact) mass is 558 g/mol. The minimum atomic E-state index is 0. The summed E-state index contributed by atoms with van der Waals surface area (Å²) in [5.41, 5.74) is 1.74. The number of aliphatic imine (C=N–C) groups is 1. The first-order chi connectivity index (χ1) is 15.1. The van der Waals surface area contributed by atoms with E-state index in [-0.39, 0.29) is 30.1 Å². The second-order valence-electron chi connectivity index (χ2n) is 7.04. The Morgan fingerprint density at radius 2 is 1.81 bits per heavy atom. The molecule has 1 aromatic carbocycles. The lowest BCUT2D eigenvalue weighted by molar-refractivity contribution is 0.0699. The van der Waals surface area contributed by atoms with Crippen LogP contribution in [0.25, 0.3) is 0 Å². The minimum absolute atomic E-state index is 0. The van der Waals surface area contributed by atoms with Crippen LogP contribution in [0.1, 0.15) is 26.0 Å². The molecule has 0 amide bonds. The fourth-order valence-corrected chi connectivity index (χ4v) is 2.61. The van der Waals surface area contributed by atoms with Crippen molar-refractivity contribution in [2.45, 2.75) is 32.9 Å². The van der Waals surface area contributed by atoms with Crippen LogP contribution < -0.4 is 20.1 Å². The van der Waals surface area contributed by atoms with Gasteiger partial charge in [-0.15, -0.1) is 24.0 Å². The van der Waals surface area contributed by atoms with Gasteiger partial charge in [-0.1, -0.05) is 6.07 Å². The molecular weight excluding hydrogens is 523 g/mol. The van der Waals surface area contributed by atoms with Gasteiger partial charge in [0.15, 0.2) is 5.96 Å². The van der Waals surface area contributed by atoms with Crippen LogP contribution in [0.2, 0.25) is 0 Å². The van der Waals surface area contributed by atoms with Crippen LogP contribution in [0.3, 0.4) is 0 Å². The van der Waals surface area contributed by atoms with Crippen molar-refractivity contribution in [3.8, 4) is 11.6 Å². The molecule has 9 heteroatoms. The molecule has 0 atom stereocenters. The highest BCUT2D eigenvalue weighted by atomic mass is 127. The lowest BCUT2D eigenvalue weighted by atomic mass is 10.3. The van der Waals surface area contributed by atoms with Gasteiger partial charge in [-0.3, -0.25) is 0 Å². The standard InChI is InChI=1S/C23H34N4O4.HI/c1-18(2)31-21-11-9-19(10-12-21)27-23(24-13-6-14-30-16-15-28-3)25-17-20-7-5-8-22(26-20)29-4;/h5,7-12,18H,6,13-17H2,1-4H3,(H2,24,25,27);1H. The highest BCUT2D eigenvalue weighted by Crippen LogP contribution is 2.17. The Morgan fingerprint density at radius 1 is 1.03 bits per heavy atom. The molecule has 1 heterocycles. The Labute approximate surface area is 208 Å². The number of aromatic nitrogens is 1. The van der Waals surface area contributed by atoms with Crippen molar-refractivity contribution in [3.05, 3.63) is 48.2 Å². The van der Waals surface area contributed by atoms with E-state index in [0.717, 1.165) is 30.1 Å². The molecule has 2 N–H and O–H groups in total. The van der Waals surface area contributed by atoms with Crippen LogP contribution in [0.4, 0.5) is 5.69 Å². The van der Waals surface area contributed by atoms with Crippen LogP contribution in [-0.4, -0.2) is 57.6 Å². The zero-order chi connectivity index (χ0) is 22.3. The van der Waals surface area contributed by atoms with Gasteiger partial charge in [0.1, 0.15) is 5.75 Å². The number of hydrogen-bond donors (Lipinski definition) is 2. The molecule has 0 spiro atoms. The molecule has 0 radical (unpaired) electrons. The zero-order valence-corrected chi connectivity index (χ0v) is 21.6. The van der Waals surface area contributed by atoms with Crippen LogP contribution in [0.5, 0.6) is 11.6 Å². The highest BCUT2D eigenvalue weighted by molar-refractivity contribution is 14.0. The maximum atomic E-state index is 5.70. The van der Waals surface area contributed by atoms with Crippen molar-refractivity contribution in [1.29, 1.82) is 0 Å². The maximum Gasteiger partial charge on any atom is 0.213 e. The number of nitrogens with zero attached hydrogens (tertiary/aromatic N) is 2. The van der Waals surface area contributed by atoms with Crippen molar-refractivity contribution in [2.75, 3.05) is 45.9 Å². The molecule has 0 saturated carbocycles. The van der Waals surface area contributed by atoms with Crippen molar-refractivity contribution in [3.63, 3.8) is 0 Å². The number of rotatable bonds is 13. The number of methoxy groups -OCH3 is 2. The van der Waals surface area contributed by atoms with Crippen molar-refractivity contribution < 1.29 is 18.9 Å². The number of benzene rings is 1. The minimum Gasteiger partial charge on any atom is -0.491 e. The molecule has 0 aliphatic carbocycles. The molecule has 0 fully saturated rings. The first-order valence-electron chi connectivity index (χ1n) is 10.5. The molecule has 1 aromatic heterocycles. The number of anilines is 1. The molecule has 0 unspecified atom stereocenters. The zero-order valence-electron chi connectivity index (χ0n) is 19.3. The summed E-state index contributed by atoms with van der Waals surface area (Å²) in [7, 11) is 3.27. The van der Waals surface area contributed by atoms with E-state index in [1.807, 2.05) is 56.3 Å². The molecule has 0 saturated heterocycles. The molecule has 32 heavy (non-hydrogen) atoms. The first kappa shape index (κ1) is 27.9. The summed E-state index contributed by atoms with van der Waals surface area (Å²) in [6.45, 7) is 7.01. The molecule has 0 aliphatic heterocycles. The van der Waals surface area contributed by atoms with Gasteiger partial charge < -0.3 is 29.6 Å². The predicted molar refractivity (Wildman–Crippen MR) is 138 cm³/mol. The normalized spacial score (nSPS) is 11.1. The molecule has 2 rings (SSSR count). The highest BCUT2D eigenvalue weighted by Gasteiger charge is 2.04. The number of ether oxygens (including phenoxy) is 4. The van der Waals surface area contributed by atoms with Crippen LogP contribution >= 0.6 is 24.0 Å². The number of halogens is 1. The summed E-state index contributed by atoms with van der Waals surface area (Å²) < 4.78 is 21.4. The van der Waals surface area contributed by atoms with Gasteiger partial charge in [0.05, 0.1) is 38.7 Å². The lowest BCUT2D eigenvalue weighted by Gasteiger charge is -2.14. The smallest absolute Gasteiger partial charge is 0.213 e. The quantitative estimate of drug-likeness (QED) is 0.166. The van der Waals surface area contributed by atoms with E-state index < -0.39 is 0 Å². The second kappa shape index (κ2) is 16.5. The van der Waals surface area contributed by atoms with Gasteiger partial charge in [-0.2, -0.15) is 0 Å². The summed E-state index contributed by atoms with van der Waals surface area (Å²) in [5, 5.41) is 6.68. The van der Waals surface area contributed by atoms with Gasteiger partial charge in [0, 0.05) is 32.0 Å². The Morgan fingerprint density at radius 3 is 2.50 bits per heavy atom. The largest absolute Gasteiger partial charge is 0.491 e. The summed E-state index contributed by atoms with van der Waals surface area (Å²) in [5.74, 6) is 2.07. The molecule has 2 aromatic rings. The molecule has 178 valence electrons. The van der Waals surface area contributed by atoms with E-state index in [0.29, 0.717) is 38.2 Å². The van der Waals surface area contributed by atoms with Crippen molar-refractivity contribution >= 4 is 35.6 Å². The van der Waals surface area contributed by atoms with E-state index in [4.69, 9.17) is 18.9 Å². The van der Waals surface area contributed by atoms with E-state index in [9.17, 15) is 0 Å². The van der Waals surface area contributed by atoms with Crippen molar-refractivity contribution in [2.24, 2.45) is 4.99 Å². The maximum absolute atomic E-state index is 5.70. The summed E-state index contributed by atoms with van der Waals surface area (Å²) in [6.07, 6.45) is 0.988. The number of hydrogen-bond acceptors (Lipinski definition) is 6. The van der Waals surface area contributed by atoms with E-state index in [2.05, 4.69) is 20.6 Å². The SMILES string of the molecule is COCCOCCCNC(=NCc1cccc(OC)n1)Nc1ccc(OC(C)C)cc1.I. The Bertz CT molecular complexity index is 788. The average molecular weight is 558 g/mol. The molecule has 0 aliphatic rings. The Kier molecular flexibility index (Phi) is 14.4. The fourth-order valence-electron chi connectivity index (χ4n) is 2.61. The lowest BCUT2D eigenvalue weighted by Crippen LogP contribution is -2.32. The average Bonchev–Trinajstić information content (AvgIpc) is 2.77. The van der Waals surface area contributed by atoms with Gasteiger partial charge in [0.25, 0.3) is 0 Å². The molecule has 8 nitrogen and oxygen atoms in total. The third-order valence-corrected chi connectivity index (χ3v) is 4.07. The second-order valence-corrected chi connectivity index (χ2v) is 7.04. The van der Waals surface area contributed by atoms with E-state index in [1.165, 1.54) is 0 Å². The third kappa shape index (κ3) is 11.5. The fraction of sp³-hybridized carbons (Fsp3) is 0.478. The van der Waals surface area contributed by atoms with Crippen LogP contribution in [0, 0.1) is 0 Å². The summed E-state index contributed by atoms with van der Waals surface area (Å²) in [6, 6.07) is 13.4. The number of pyridine rings is 1. The van der Waals surface area contributed by atoms with Crippen LogP contribution in [-0.2, 0) is 16.0 Å². The van der Waals surface area contributed by atoms with Gasteiger partial charge in [-0.25, -0.2) is 9.98 Å².